The van der Waals surface area contributed by atoms with Crippen LogP contribution in [-0.2, 0) is 23.5 Å². The van der Waals surface area contributed by atoms with Crippen LogP contribution in [0.4, 0.5) is 4.39 Å². The lowest BCUT2D eigenvalue weighted by Crippen LogP contribution is -2.30. The van der Waals surface area contributed by atoms with Crippen LogP contribution in [0.25, 0.3) is 0 Å². The van der Waals surface area contributed by atoms with E-state index in [1.54, 1.807) is 39.1 Å². The summed E-state index contributed by atoms with van der Waals surface area (Å²) in [6, 6.07) is 6.83. The van der Waals surface area contributed by atoms with Crippen LogP contribution >= 0.6 is 0 Å². The minimum absolute atomic E-state index is 0.205. The smallest absolute Gasteiger partial charge is 0.256 e. The quantitative estimate of drug-likeness (QED) is 0.850. The molecule has 1 fully saturated rings. The summed E-state index contributed by atoms with van der Waals surface area (Å²) in [6.07, 6.45) is 1.47. The Kier molecular flexibility index (Phi) is 4.48. The van der Waals surface area contributed by atoms with Crippen LogP contribution in [0.15, 0.2) is 29.3 Å². The van der Waals surface area contributed by atoms with Crippen LogP contribution in [0, 0.1) is 25.6 Å². The van der Waals surface area contributed by atoms with E-state index in [4.69, 9.17) is 0 Å². The summed E-state index contributed by atoms with van der Waals surface area (Å²) in [5, 5.41) is 4.35. The van der Waals surface area contributed by atoms with Crippen molar-refractivity contribution in [1.29, 1.82) is 0 Å². The Morgan fingerprint density at radius 2 is 2.04 bits per heavy atom. The number of halogens is 1. The minimum Gasteiger partial charge on any atom is -0.256 e. The van der Waals surface area contributed by atoms with Crippen molar-refractivity contribution in [2.45, 2.75) is 31.7 Å². The average Bonchev–Trinajstić information content (AvgIpc) is 3.10. The number of aromatic nitrogens is 2. The van der Waals surface area contributed by atoms with Gasteiger partial charge in [0.1, 0.15) is 5.82 Å². The summed E-state index contributed by atoms with van der Waals surface area (Å²) in [7, 11) is -1.89. The molecule has 0 bridgehead atoms. The highest BCUT2D eigenvalue weighted by Gasteiger charge is 2.34. The van der Waals surface area contributed by atoms with Crippen LogP contribution < -0.4 is 0 Å². The normalized spacial score (nSPS) is 19.1. The summed E-state index contributed by atoms with van der Waals surface area (Å²) in [4.78, 5) is 0. The van der Waals surface area contributed by atoms with Gasteiger partial charge in [-0.15, -0.1) is 0 Å². The molecule has 1 aromatic heterocycles. The van der Waals surface area contributed by atoms with Crippen molar-refractivity contribution < 1.29 is 12.8 Å². The number of sulfonamides is 1. The highest BCUT2D eigenvalue weighted by Crippen LogP contribution is 2.27. The molecule has 3 rings (SSSR count). The fourth-order valence-corrected chi connectivity index (χ4v) is 4.95. The Labute approximate surface area is 142 Å². The van der Waals surface area contributed by atoms with Crippen molar-refractivity contribution in [3.05, 3.63) is 46.9 Å². The first kappa shape index (κ1) is 17.1. The first-order valence-corrected chi connectivity index (χ1v) is 9.47. The third kappa shape index (κ3) is 3.23. The Hall–Kier alpha value is -1.73. The van der Waals surface area contributed by atoms with Gasteiger partial charge in [-0.1, -0.05) is 12.1 Å². The first-order valence-electron chi connectivity index (χ1n) is 8.03. The third-order valence-electron chi connectivity index (χ3n) is 4.57. The molecular weight excluding hydrogens is 329 g/mol. The summed E-state index contributed by atoms with van der Waals surface area (Å²) < 4.78 is 42.1. The molecular formula is C17H22FN3O2S. The second-order valence-corrected chi connectivity index (χ2v) is 8.44. The standard InChI is InChI=1S/C17H22FN3O2S/c1-12-4-5-14(10-16(12)18)9-15-6-7-21(11-15)24(22,23)17-8-13(2)19-20(17)3/h4-5,8,10,15H,6-7,9,11H2,1-3H3. The van der Waals surface area contributed by atoms with Crippen LogP contribution in [0.3, 0.4) is 0 Å². The van der Waals surface area contributed by atoms with Gasteiger partial charge < -0.3 is 0 Å². The molecule has 130 valence electrons. The summed E-state index contributed by atoms with van der Waals surface area (Å²) >= 11 is 0. The summed E-state index contributed by atoms with van der Waals surface area (Å²) in [6.45, 7) is 4.46. The zero-order chi connectivity index (χ0) is 17.5. The monoisotopic (exact) mass is 351 g/mol. The molecule has 1 saturated heterocycles. The van der Waals surface area contributed by atoms with E-state index in [1.165, 1.54) is 8.99 Å². The van der Waals surface area contributed by atoms with Crippen LogP contribution in [0.1, 0.15) is 23.2 Å². The van der Waals surface area contributed by atoms with Gasteiger partial charge in [-0.2, -0.15) is 9.40 Å². The van der Waals surface area contributed by atoms with E-state index < -0.39 is 10.0 Å². The van der Waals surface area contributed by atoms with Gasteiger partial charge in [0, 0.05) is 20.1 Å². The number of benzene rings is 1. The van der Waals surface area contributed by atoms with Gasteiger partial charge in [0.05, 0.1) is 5.69 Å². The van der Waals surface area contributed by atoms with Crippen molar-refractivity contribution >= 4 is 10.0 Å². The number of nitrogens with zero attached hydrogens (tertiary/aromatic N) is 3. The predicted molar refractivity (Wildman–Crippen MR) is 89.7 cm³/mol. The van der Waals surface area contributed by atoms with Gasteiger partial charge in [0.25, 0.3) is 10.0 Å². The SMILES string of the molecule is Cc1cc(S(=O)(=O)N2CCC(Cc3ccc(C)c(F)c3)C2)n(C)n1. The molecule has 0 spiro atoms. The largest absolute Gasteiger partial charge is 0.260 e. The third-order valence-corrected chi connectivity index (χ3v) is 6.49. The van der Waals surface area contributed by atoms with E-state index in [0.717, 1.165) is 12.0 Å². The molecule has 7 heteroatoms. The molecule has 0 saturated carbocycles. The van der Waals surface area contributed by atoms with E-state index in [-0.39, 0.29) is 16.8 Å². The fraction of sp³-hybridized carbons (Fsp3) is 0.471. The van der Waals surface area contributed by atoms with Gasteiger partial charge in [0.15, 0.2) is 5.03 Å². The first-order chi connectivity index (χ1) is 11.3. The Balaban J connectivity index is 1.73. The maximum Gasteiger partial charge on any atom is 0.260 e. The highest BCUT2D eigenvalue weighted by molar-refractivity contribution is 7.89. The van der Waals surface area contributed by atoms with Gasteiger partial charge in [-0.25, -0.2) is 12.8 Å². The zero-order valence-electron chi connectivity index (χ0n) is 14.2. The number of hydrogen-bond donors (Lipinski definition) is 0. The van der Waals surface area contributed by atoms with E-state index in [0.29, 0.717) is 30.8 Å². The highest BCUT2D eigenvalue weighted by atomic mass is 32.2. The Bertz CT molecular complexity index is 861. The van der Waals surface area contributed by atoms with E-state index in [2.05, 4.69) is 5.10 Å². The molecule has 0 aliphatic carbocycles. The van der Waals surface area contributed by atoms with Crippen molar-refractivity contribution in [2.24, 2.45) is 13.0 Å². The lowest BCUT2D eigenvalue weighted by Gasteiger charge is -2.16. The van der Waals surface area contributed by atoms with Gasteiger partial charge in [0.2, 0.25) is 0 Å². The second kappa shape index (κ2) is 6.29. The molecule has 1 atom stereocenters. The lowest BCUT2D eigenvalue weighted by atomic mass is 9.98. The van der Waals surface area contributed by atoms with Crippen molar-refractivity contribution in [3.63, 3.8) is 0 Å². The molecule has 1 aliphatic heterocycles. The van der Waals surface area contributed by atoms with E-state index in [9.17, 15) is 12.8 Å². The number of aryl methyl sites for hydroxylation is 3. The van der Waals surface area contributed by atoms with Gasteiger partial charge in [-0.3, -0.25) is 4.68 Å². The molecule has 2 heterocycles. The summed E-state index contributed by atoms with van der Waals surface area (Å²) in [5.41, 5.74) is 2.22. The number of rotatable bonds is 4. The van der Waals surface area contributed by atoms with Crippen molar-refractivity contribution in [3.8, 4) is 0 Å². The fourth-order valence-electron chi connectivity index (χ4n) is 3.24. The molecule has 0 N–H and O–H groups in total. The van der Waals surface area contributed by atoms with E-state index >= 15 is 0 Å². The van der Waals surface area contributed by atoms with E-state index in [1.807, 2.05) is 6.07 Å². The lowest BCUT2D eigenvalue weighted by molar-refractivity contribution is 0.448. The molecule has 1 aliphatic rings. The molecule has 1 unspecified atom stereocenters. The van der Waals surface area contributed by atoms with Crippen LogP contribution in [-0.4, -0.2) is 35.6 Å². The molecule has 24 heavy (non-hydrogen) atoms. The van der Waals surface area contributed by atoms with Crippen molar-refractivity contribution in [2.75, 3.05) is 13.1 Å². The molecule has 1 aromatic carbocycles. The molecule has 5 nitrogen and oxygen atoms in total. The topological polar surface area (TPSA) is 55.2 Å². The van der Waals surface area contributed by atoms with Crippen LogP contribution in [0.5, 0.6) is 0 Å². The van der Waals surface area contributed by atoms with Gasteiger partial charge in [-0.05, 0) is 55.9 Å². The average molecular weight is 351 g/mol. The molecule has 2 aromatic rings. The molecule has 0 amide bonds. The maximum absolute atomic E-state index is 13.7. The molecule has 0 radical (unpaired) electrons. The minimum atomic E-state index is -3.53. The number of hydrogen-bond acceptors (Lipinski definition) is 3. The Morgan fingerprint density at radius 1 is 1.29 bits per heavy atom. The summed E-state index contributed by atoms with van der Waals surface area (Å²) in [5.74, 6) is -0.00320. The van der Waals surface area contributed by atoms with Gasteiger partial charge >= 0.3 is 0 Å². The second-order valence-electron chi connectivity index (χ2n) is 6.55. The maximum atomic E-state index is 13.7. The van der Waals surface area contributed by atoms with Crippen LogP contribution in [0.2, 0.25) is 0 Å². The zero-order valence-corrected chi connectivity index (χ0v) is 15.0. The van der Waals surface area contributed by atoms with Crippen molar-refractivity contribution in [1.82, 2.24) is 14.1 Å². The predicted octanol–water partition coefficient (Wildman–Crippen LogP) is 2.43. The Morgan fingerprint density at radius 3 is 2.67 bits per heavy atom.